The molecule has 0 fully saturated rings. The van der Waals surface area contributed by atoms with Crippen LogP contribution >= 0.6 is 0 Å². The number of benzene rings is 1. The van der Waals surface area contributed by atoms with E-state index in [1.54, 1.807) is 0 Å². The van der Waals surface area contributed by atoms with Crippen LogP contribution in [0.1, 0.15) is 19.4 Å². The maximum atomic E-state index is 5.51. The summed E-state index contributed by atoms with van der Waals surface area (Å²) in [6.07, 6.45) is 0. The van der Waals surface area contributed by atoms with Crippen molar-refractivity contribution in [2.45, 2.75) is 20.8 Å². The monoisotopic (exact) mass is 203 g/mol. The Morgan fingerprint density at radius 1 is 1.20 bits per heavy atom. The fourth-order valence-corrected chi connectivity index (χ4v) is 1.30. The van der Waals surface area contributed by atoms with E-state index in [0.29, 0.717) is 5.82 Å². The quantitative estimate of drug-likeness (QED) is 0.748. The van der Waals surface area contributed by atoms with E-state index in [4.69, 9.17) is 5.73 Å². The summed E-state index contributed by atoms with van der Waals surface area (Å²) >= 11 is 0. The van der Waals surface area contributed by atoms with Gasteiger partial charge in [-0.15, -0.1) is 0 Å². The lowest BCUT2D eigenvalue weighted by molar-refractivity contribution is 1.10. The Labute approximate surface area is 90.3 Å². The molecule has 0 aliphatic rings. The van der Waals surface area contributed by atoms with Gasteiger partial charge in [-0.1, -0.05) is 37.6 Å². The maximum Gasteiger partial charge on any atom is 0.145 e. The Hall–Kier alpha value is -1.77. The maximum absolute atomic E-state index is 5.51. The van der Waals surface area contributed by atoms with Gasteiger partial charge in [-0.25, -0.2) is 0 Å². The van der Waals surface area contributed by atoms with Crippen molar-refractivity contribution in [3.05, 3.63) is 35.9 Å². The molecular weight excluding hydrogens is 186 g/mol. The minimum Gasteiger partial charge on any atom is -0.382 e. The van der Waals surface area contributed by atoms with Gasteiger partial charge in [0.05, 0.1) is 5.69 Å². The van der Waals surface area contributed by atoms with Gasteiger partial charge in [0.25, 0.3) is 0 Å². The number of aryl methyl sites for hydroxylation is 1. The molecule has 1 heterocycles. The molecule has 2 rings (SSSR count). The third-order valence-electron chi connectivity index (χ3n) is 1.93. The highest BCUT2D eigenvalue weighted by Crippen LogP contribution is 2.18. The number of aromatic amines is 1. The lowest BCUT2D eigenvalue weighted by Crippen LogP contribution is -1.81. The molecule has 3 heteroatoms. The van der Waals surface area contributed by atoms with Crippen molar-refractivity contribution in [3.63, 3.8) is 0 Å². The topological polar surface area (TPSA) is 54.7 Å². The van der Waals surface area contributed by atoms with E-state index in [-0.39, 0.29) is 0 Å². The molecule has 0 aliphatic heterocycles. The van der Waals surface area contributed by atoms with Gasteiger partial charge >= 0.3 is 0 Å². The first-order valence-electron chi connectivity index (χ1n) is 5.13. The van der Waals surface area contributed by atoms with Crippen molar-refractivity contribution < 1.29 is 0 Å². The summed E-state index contributed by atoms with van der Waals surface area (Å²) < 4.78 is 0. The number of anilines is 1. The SMILES string of the molecule is CC.Cc1cccc(-c2cc(N)n[nH]2)c1. The van der Waals surface area contributed by atoms with Crippen LogP contribution in [0.3, 0.4) is 0 Å². The van der Waals surface area contributed by atoms with E-state index in [1.807, 2.05) is 32.0 Å². The Balaban J connectivity index is 0.000000531. The van der Waals surface area contributed by atoms with Crippen LogP contribution in [0.25, 0.3) is 11.3 Å². The first kappa shape index (κ1) is 11.3. The molecule has 0 saturated carbocycles. The second-order valence-corrected chi connectivity index (χ2v) is 3.08. The zero-order valence-electron chi connectivity index (χ0n) is 9.41. The highest BCUT2D eigenvalue weighted by atomic mass is 15.2. The number of H-pyrrole nitrogens is 1. The molecule has 0 bridgehead atoms. The lowest BCUT2D eigenvalue weighted by Gasteiger charge is -1.97. The minimum absolute atomic E-state index is 0.525. The molecule has 2 aromatic rings. The Kier molecular flexibility index (Phi) is 3.92. The molecule has 0 radical (unpaired) electrons. The standard InChI is InChI=1S/C10H11N3.C2H6/c1-7-3-2-4-8(5-7)9-6-10(11)13-12-9;1-2/h2-6H,1H3,(H3,11,12,13);1-2H3. The molecule has 3 nitrogen and oxygen atoms in total. The van der Waals surface area contributed by atoms with E-state index in [2.05, 4.69) is 29.3 Å². The highest BCUT2D eigenvalue weighted by Gasteiger charge is 2.00. The first-order chi connectivity index (χ1) is 7.25. The normalized spacial score (nSPS) is 9.27. The number of nitrogens with two attached hydrogens (primary N) is 1. The highest BCUT2D eigenvalue weighted by molar-refractivity contribution is 5.62. The van der Waals surface area contributed by atoms with E-state index in [9.17, 15) is 0 Å². The van der Waals surface area contributed by atoms with E-state index >= 15 is 0 Å². The van der Waals surface area contributed by atoms with Gasteiger partial charge in [-0.3, -0.25) is 5.10 Å². The summed E-state index contributed by atoms with van der Waals surface area (Å²) in [6.45, 7) is 6.06. The molecule has 0 aliphatic carbocycles. The number of hydrogen-bond acceptors (Lipinski definition) is 2. The van der Waals surface area contributed by atoms with E-state index in [0.717, 1.165) is 11.3 Å². The van der Waals surface area contributed by atoms with E-state index in [1.165, 1.54) is 5.56 Å². The van der Waals surface area contributed by atoms with Crippen molar-refractivity contribution in [3.8, 4) is 11.3 Å². The minimum atomic E-state index is 0.525. The van der Waals surface area contributed by atoms with E-state index < -0.39 is 0 Å². The van der Waals surface area contributed by atoms with Crippen molar-refractivity contribution in [1.29, 1.82) is 0 Å². The van der Waals surface area contributed by atoms with Crippen LogP contribution < -0.4 is 5.73 Å². The molecule has 0 saturated heterocycles. The van der Waals surface area contributed by atoms with Gasteiger partial charge in [0.2, 0.25) is 0 Å². The predicted octanol–water partition coefficient (Wildman–Crippen LogP) is 2.99. The number of nitrogen functional groups attached to an aromatic ring is 1. The van der Waals surface area contributed by atoms with Crippen LogP contribution in [-0.4, -0.2) is 10.2 Å². The summed E-state index contributed by atoms with van der Waals surface area (Å²) in [4.78, 5) is 0. The fraction of sp³-hybridized carbons (Fsp3) is 0.250. The number of nitrogens with one attached hydrogen (secondary N) is 1. The first-order valence-corrected chi connectivity index (χ1v) is 5.13. The third kappa shape index (κ3) is 2.84. The van der Waals surface area contributed by atoms with Crippen molar-refractivity contribution in [2.24, 2.45) is 0 Å². The van der Waals surface area contributed by atoms with Gasteiger partial charge in [0.1, 0.15) is 5.82 Å². The zero-order valence-corrected chi connectivity index (χ0v) is 9.41. The van der Waals surface area contributed by atoms with Crippen molar-refractivity contribution >= 4 is 5.82 Å². The molecule has 1 aromatic carbocycles. The second-order valence-electron chi connectivity index (χ2n) is 3.08. The summed E-state index contributed by atoms with van der Waals surface area (Å²) in [5.41, 5.74) is 8.81. The molecule has 15 heavy (non-hydrogen) atoms. The van der Waals surface area contributed by atoms with Gasteiger partial charge in [-0.2, -0.15) is 5.10 Å². The zero-order chi connectivity index (χ0) is 11.3. The van der Waals surface area contributed by atoms with Crippen molar-refractivity contribution in [1.82, 2.24) is 10.2 Å². The molecule has 1 aromatic heterocycles. The number of aromatic nitrogens is 2. The predicted molar refractivity (Wildman–Crippen MR) is 64.5 cm³/mol. The Morgan fingerprint density at radius 3 is 2.47 bits per heavy atom. The third-order valence-corrected chi connectivity index (χ3v) is 1.93. The summed E-state index contributed by atoms with van der Waals surface area (Å²) in [5.74, 6) is 0.525. The second kappa shape index (κ2) is 5.20. The molecule has 3 N–H and O–H groups in total. The van der Waals surface area contributed by atoms with Crippen LogP contribution in [0.15, 0.2) is 30.3 Å². The number of rotatable bonds is 1. The summed E-state index contributed by atoms with van der Waals surface area (Å²) in [7, 11) is 0. The number of hydrogen-bond donors (Lipinski definition) is 2. The van der Waals surface area contributed by atoms with Gasteiger partial charge in [0.15, 0.2) is 0 Å². The molecule has 0 spiro atoms. The smallest absolute Gasteiger partial charge is 0.145 e. The molecule has 0 amide bonds. The fourth-order valence-electron chi connectivity index (χ4n) is 1.30. The van der Waals surface area contributed by atoms with Gasteiger partial charge in [-0.05, 0) is 18.6 Å². The van der Waals surface area contributed by atoms with Gasteiger partial charge < -0.3 is 5.73 Å². The van der Waals surface area contributed by atoms with Gasteiger partial charge in [0, 0.05) is 6.07 Å². The average molecular weight is 203 g/mol. The number of nitrogens with zero attached hydrogens (tertiary/aromatic N) is 1. The Morgan fingerprint density at radius 2 is 1.93 bits per heavy atom. The van der Waals surface area contributed by atoms with Crippen LogP contribution in [0.5, 0.6) is 0 Å². The summed E-state index contributed by atoms with van der Waals surface area (Å²) in [5, 5.41) is 6.75. The molecular formula is C12H17N3. The molecule has 0 atom stereocenters. The van der Waals surface area contributed by atoms with Crippen LogP contribution in [0.4, 0.5) is 5.82 Å². The van der Waals surface area contributed by atoms with Crippen LogP contribution in [-0.2, 0) is 0 Å². The Bertz CT molecular complexity index is 418. The average Bonchev–Trinajstić information content (AvgIpc) is 2.68. The van der Waals surface area contributed by atoms with Crippen molar-refractivity contribution in [2.75, 3.05) is 5.73 Å². The van der Waals surface area contributed by atoms with Crippen LogP contribution in [0, 0.1) is 6.92 Å². The molecule has 0 unspecified atom stereocenters. The lowest BCUT2D eigenvalue weighted by atomic mass is 10.1. The summed E-state index contributed by atoms with van der Waals surface area (Å²) in [6, 6.07) is 10.0. The molecule has 80 valence electrons. The largest absolute Gasteiger partial charge is 0.382 e. The van der Waals surface area contributed by atoms with Crippen LogP contribution in [0.2, 0.25) is 0 Å².